The zero-order valence-electron chi connectivity index (χ0n) is 18.8. The Morgan fingerprint density at radius 1 is 0.964 bits per heavy atom. The Balaban J connectivity index is 3.05. The van der Waals surface area contributed by atoms with E-state index >= 15 is 0 Å². The first-order valence-electron chi connectivity index (χ1n) is 11.3. The first-order chi connectivity index (χ1) is 13.5. The third-order valence-corrected chi connectivity index (χ3v) is 22.1. The summed E-state index contributed by atoms with van der Waals surface area (Å²) in [5.41, 5.74) is 2.21. The molecule has 0 radical (unpaired) electrons. The van der Waals surface area contributed by atoms with E-state index in [1.165, 1.54) is 51.8 Å². The van der Waals surface area contributed by atoms with Crippen LogP contribution in [0.3, 0.4) is 0 Å². The maximum absolute atomic E-state index is 12.7. The van der Waals surface area contributed by atoms with Crippen LogP contribution in [0.25, 0.3) is 5.57 Å². The zero-order chi connectivity index (χ0) is 20.8. The van der Waals surface area contributed by atoms with Crippen LogP contribution in [0.2, 0.25) is 17.7 Å². The third kappa shape index (κ3) is 8.71. The van der Waals surface area contributed by atoms with E-state index in [9.17, 15) is 4.79 Å². The minimum atomic E-state index is -2.41. The molecule has 0 spiro atoms. The van der Waals surface area contributed by atoms with Crippen LogP contribution in [-0.2, 0) is 9.53 Å². The van der Waals surface area contributed by atoms with Gasteiger partial charge in [0.2, 0.25) is 0 Å². The van der Waals surface area contributed by atoms with Crippen LogP contribution >= 0.6 is 0 Å². The van der Waals surface area contributed by atoms with E-state index in [4.69, 9.17) is 4.74 Å². The molecule has 1 rings (SSSR count). The molecule has 3 heteroatoms. The van der Waals surface area contributed by atoms with Gasteiger partial charge in [-0.25, -0.2) is 0 Å². The number of benzene rings is 1. The second-order valence-corrected chi connectivity index (χ2v) is 22.4. The summed E-state index contributed by atoms with van der Waals surface area (Å²) in [5, 5.41) is 0. The van der Waals surface area contributed by atoms with Crippen molar-refractivity contribution in [2.24, 2.45) is 5.92 Å². The van der Waals surface area contributed by atoms with Crippen LogP contribution in [0.4, 0.5) is 0 Å². The number of rotatable bonds is 15. The molecule has 0 saturated heterocycles. The summed E-state index contributed by atoms with van der Waals surface area (Å²) in [6.45, 7) is 11.2. The molecule has 1 unspecified atom stereocenters. The number of ether oxygens (including phenoxy) is 1. The molecule has 0 aliphatic rings. The molecule has 2 nitrogen and oxygen atoms in total. The zero-order valence-corrected chi connectivity index (χ0v) is 21.6. The van der Waals surface area contributed by atoms with Crippen LogP contribution in [0.15, 0.2) is 36.9 Å². The Morgan fingerprint density at radius 3 is 1.89 bits per heavy atom. The molecule has 1 atom stereocenters. The van der Waals surface area contributed by atoms with Crippen LogP contribution < -0.4 is 0 Å². The van der Waals surface area contributed by atoms with E-state index in [1.807, 2.05) is 18.2 Å². The summed E-state index contributed by atoms with van der Waals surface area (Å²) < 4.78 is 10.7. The van der Waals surface area contributed by atoms with Crippen LogP contribution in [0, 0.1) is 5.92 Å². The van der Waals surface area contributed by atoms with Crippen molar-refractivity contribution in [3.05, 3.63) is 42.5 Å². The Labute approximate surface area is 178 Å². The summed E-state index contributed by atoms with van der Waals surface area (Å²) in [6.07, 6.45) is 8.51. The van der Waals surface area contributed by atoms with Crippen molar-refractivity contribution in [1.29, 1.82) is 0 Å². The van der Waals surface area contributed by atoms with Crippen molar-refractivity contribution >= 4 is 29.9 Å². The van der Waals surface area contributed by atoms with Crippen molar-refractivity contribution in [1.82, 2.24) is 0 Å². The Hall–Kier alpha value is -0.771. The third-order valence-electron chi connectivity index (χ3n) is 6.07. The van der Waals surface area contributed by atoms with Gasteiger partial charge in [0.15, 0.2) is 0 Å². The molecule has 0 aromatic heterocycles. The van der Waals surface area contributed by atoms with Crippen molar-refractivity contribution in [2.45, 2.75) is 83.5 Å². The molecule has 1 aromatic carbocycles. The fraction of sp³-hybridized carbons (Fsp3) is 0.640. The monoisotopic (exact) mass is 494 g/mol. The van der Waals surface area contributed by atoms with Gasteiger partial charge in [-0.05, 0) is 0 Å². The predicted molar refractivity (Wildman–Crippen MR) is 125 cm³/mol. The molecular formula is C25H42O2Sn. The SMILES string of the molecule is C=C(CC([CH2][Sn]([CH2]CCC)([CH2]CCC)[CH2]CCC)C(=O)OC)c1ccccc1. The summed E-state index contributed by atoms with van der Waals surface area (Å²) >= 11 is -2.41. The Morgan fingerprint density at radius 2 is 1.46 bits per heavy atom. The predicted octanol–water partition coefficient (Wildman–Crippen LogP) is 7.73. The molecule has 0 aliphatic heterocycles. The van der Waals surface area contributed by atoms with E-state index in [0.29, 0.717) is 0 Å². The van der Waals surface area contributed by atoms with Gasteiger partial charge in [0.1, 0.15) is 0 Å². The molecule has 28 heavy (non-hydrogen) atoms. The Kier molecular flexibility index (Phi) is 12.9. The van der Waals surface area contributed by atoms with E-state index in [1.54, 1.807) is 7.11 Å². The van der Waals surface area contributed by atoms with Crippen LogP contribution in [0.5, 0.6) is 0 Å². The summed E-state index contributed by atoms with van der Waals surface area (Å²) in [4.78, 5) is 12.7. The normalized spacial score (nSPS) is 12.6. The van der Waals surface area contributed by atoms with Crippen molar-refractivity contribution in [3.63, 3.8) is 0 Å². The Bertz CT molecular complexity index is 545. The number of hydrogen-bond acceptors (Lipinski definition) is 2. The number of hydrogen-bond donors (Lipinski definition) is 0. The topological polar surface area (TPSA) is 26.3 Å². The molecule has 0 bridgehead atoms. The maximum atomic E-state index is 12.7. The van der Waals surface area contributed by atoms with Crippen LogP contribution in [-0.4, -0.2) is 31.5 Å². The number of carbonyl (C=O) groups excluding carboxylic acids is 1. The summed E-state index contributed by atoms with van der Waals surface area (Å²) in [5.74, 6) is -0.0401. The molecule has 0 amide bonds. The molecule has 0 N–H and O–H groups in total. The molecule has 1 aromatic rings. The number of allylic oxidation sites excluding steroid dienone is 1. The molecule has 0 aliphatic carbocycles. The van der Waals surface area contributed by atoms with Gasteiger partial charge in [-0.2, -0.15) is 0 Å². The van der Waals surface area contributed by atoms with Gasteiger partial charge in [-0.1, -0.05) is 0 Å². The van der Waals surface area contributed by atoms with E-state index in [-0.39, 0.29) is 11.9 Å². The van der Waals surface area contributed by atoms with Gasteiger partial charge in [-0.3, -0.25) is 0 Å². The van der Waals surface area contributed by atoms with Gasteiger partial charge < -0.3 is 0 Å². The number of methoxy groups -OCH3 is 1. The second kappa shape index (κ2) is 14.2. The molecule has 0 heterocycles. The van der Waals surface area contributed by atoms with Crippen molar-refractivity contribution in [3.8, 4) is 0 Å². The average molecular weight is 493 g/mol. The van der Waals surface area contributed by atoms with Gasteiger partial charge in [0.25, 0.3) is 0 Å². The first kappa shape index (κ1) is 25.3. The fourth-order valence-electron chi connectivity index (χ4n) is 4.35. The van der Waals surface area contributed by atoms with E-state index in [0.717, 1.165) is 22.0 Å². The van der Waals surface area contributed by atoms with Crippen molar-refractivity contribution in [2.75, 3.05) is 7.11 Å². The van der Waals surface area contributed by atoms with Gasteiger partial charge >= 0.3 is 178 Å². The molecular weight excluding hydrogens is 451 g/mol. The quantitative estimate of drug-likeness (QED) is 0.185. The second-order valence-electron chi connectivity index (χ2n) is 8.41. The number of esters is 1. The molecule has 158 valence electrons. The average Bonchev–Trinajstić information content (AvgIpc) is 2.74. The summed E-state index contributed by atoms with van der Waals surface area (Å²) in [7, 11) is 1.54. The van der Waals surface area contributed by atoms with Gasteiger partial charge in [0, 0.05) is 0 Å². The minimum absolute atomic E-state index is 0.0147. The standard InChI is InChI=1S/C13H15O2.3C4H9.Sn/c1-10(9-11(2)13(14)15-3)12-7-5-4-6-8-12;3*1-3-4-2;/h4-8,11H,1-2,9H2,3H3;3*1,3-4H2,2H3;. The first-order valence-corrected chi connectivity index (χ1v) is 19.4. The molecule has 0 saturated carbocycles. The fourth-order valence-corrected chi connectivity index (χ4v) is 21.6. The molecule has 0 fully saturated rings. The number of unbranched alkanes of at least 4 members (excludes halogenated alkanes) is 3. The van der Waals surface area contributed by atoms with Crippen LogP contribution in [0.1, 0.15) is 71.3 Å². The van der Waals surface area contributed by atoms with Gasteiger partial charge in [0.05, 0.1) is 0 Å². The van der Waals surface area contributed by atoms with Crippen molar-refractivity contribution < 1.29 is 9.53 Å². The summed E-state index contributed by atoms with van der Waals surface area (Å²) in [6, 6.07) is 10.3. The van der Waals surface area contributed by atoms with E-state index in [2.05, 4.69) is 39.5 Å². The van der Waals surface area contributed by atoms with E-state index < -0.39 is 18.4 Å². The van der Waals surface area contributed by atoms with Gasteiger partial charge in [-0.15, -0.1) is 0 Å². The number of carbonyl (C=O) groups is 1.